The van der Waals surface area contributed by atoms with Crippen LogP contribution in [0.5, 0.6) is 0 Å². The minimum Gasteiger partial charge on any atom is -0.447 e. The van der Waals surface area contributed by atoms with Gasteiger partial charge in [-0.15, -0.1) is 0 Å². The van der Waals surface area contributed by atoms with E-state index >= 15 is 0 Å². The molecule has 0 spiro atoms. The van der Waals surface area contributed by atoms with Crippen molar-refractivity contribution in [1.82, 2.24) is 4.98 Å². The highest BCUT2D eigenvalue weighted by Gasteiger charge is 2.07. The average Bonchev–Trinajstić information content (AvgIpc) is 2.59. The van der Waals surface area contributed by atoms with Crippen LogP contribution in [0.15, 0.2) is 60.7 Å². The van der Waals surface area contributed by atoms with Gasteiger partial charge in [-0.25, -0.2) is 9.78 Å². The smallest absolute Gasteiger partial charge is 0.339 e. The monoisotopic (exact) mass is 288 g/mol. The lowest BCUT2D eigenvalue weighted by atomic mass is 10.1. The molecule has 1 heterocycles. The number of ether oxygens (including phenoxy) is 1. The third kappa shape index (κ3) is 2.79. The van der Waals surface area contributed by atoms with Crippen LogP contribution >= 0.6 is 0 Å². The summed E-state index contributed by atoms with van der Waals surface area (Å²) in [4.78, 5) is 16.2. The molecule has 0 aliphatic heterocycles. The molecule has 0 unspecified atom stereocenters. The van der Waals surface area contributed by atoms with Crippen molar-refractivity contribution in [1.29, 1.82) is 5.26 Å². The van der Waals surface area contributed by atoms with Crippen molar-refractivity contribution in [3.63, 3.8) is 0 Å². The van der Waals surface area contributed by atoms with E-state index in [4.69, 9.17) is 10.00 Å². The van der Waals surface area contributed by atoms with E-state index in [-0.39, 0.29) is 6.61 Å². The van der Waals surface area contributed by atoms with Gasteiger partial charge in [0.05, 0.1) is 16.8 Å². The van der Waals surface area contributed by atoms with Crippen molar-refractivity contribution in [3.8, 4) is 17.3 Å². The van der Waals surface area contributed by atoms with Crippen molar-refractivity contribution in [3.05, 3.63) is 66.2 Å². The molecule has 2 aromatic carbocycles. The second kappa shape index (κ2) is 6.06. The van der Waals surface area contributed by atoms with E-state index < -0.39 is 5.97 Å². The zero-order valence-electron chi connectivity index (χ0n) is 11.7. The van der Waals surface area contributed by atoms with Gasteiger partial charge in [0.25, 0.3) is 0 Å². The molecule has 4 nitrogen and oxygen atoms in total. The van der Waals surface area contributed by atoms with Crippen molar-refractivity contribution >= 4 is 16.9 Å². The van der Waals surface area contributed by atoms with E-state index in [1.54, 1.807) is 18.2 Å². The third-order valence-corrected chi connectivity index (χ3v) is 3.28. The molecule has 3 rings (SSSR count). The number of para-hydroxylation sites is 1. The molecule has 106 valence electrons. The number of rotatable bonds is 3. The van der Waals surface area contributed by atoms with E-state index in [2.05, 4.69) is 4.98 Å². The second-order valence-electron chi connectivity index (χ2n) is 4.70. The van der Waals surface area contributed by atoms with Gasteiger partial charge >= 0.3 is 5.97 Å². The highest BCUT2D eigenvalue weighted by atomic mass is 16.5. The van der Waals surface area contributed by atoms with Crippen molar-refractivity contribution in [2.75, 3.05) is 6.61 Å². The summed E-state index contributed by atoms with van der Waals surface area (Å²) in [6.07, 6.45) is 0. The Morgan fingerprint density at radius 3 is 2.59 bits per heavy atom. The molecule has 0 atom stereocenters. The van der Waals surface area contributed by atoms with Gasteiger partial charge in [-0.3, -0.25) is 0 Å². The highest BCUT2D eigenvalue weighted by molar-refractivity contribution is 5.90. The van der Waals surface area contributed by atoms with E-state index in [1.807, 2.05) is 48.5 Å². The van der Waals surface area contributed by atoms with Gasteiger partial charge in [0.15, 0.2) is 6.61 Å². The molecular formula is C18H12N2O2. The van der Waals surface area contributed by atoms with E-state index in [9.17, 15) is 4.79 Å². The fourth-order valence-corrected chi connectivity index (χ4v) is 2.19. The summed E-state index contributed by atoms with van der Waals surface area (Å²) >= 11 is 0. The summed E-state index contributed by atoms with van der Waals surface area (Å²) < 4.78 is 4.76. The number of nitrogens with zero attached hydrogens (tertiary/aromatic N) is 2. The van der Waals surface area contributed by atoms with Crippen LogP contribution in [0.25, 0.3) is 22.2 Å². The summed E-state index contributed by atoms with van der Waals surface area (Å²) in [5.41, 5.74) is 3.11. The summed E-state index contributed by atoms with van der Waals surface area (Å²) in [6, 6.07) is 20.6. The zero-order valence-corrected chi connectivity index (χ0v) is 11.7. The molecule has 0 aliphatic carbocycles. The van der Waals surface area contributed by atoms with Gasteiger partial charge in [0, 0.05) is 10.9 Å². The zero-order chi connectivity index (χ0) is 15.4. The lowest BCUT2D eigenvalue weighted by Crippen LogP contribution is -2.04. The number of carbonyl (C=O) groups is 1. The number of carbonyl (C=O) groups excluding carboxylic acids is 1. The van der Waals surface area contributed by atoms with Gasteiger partial charge in [-0.05, 0) is 24.3 Å². The molecule has 3 aromatic rings. The molecule has 0 N–H and O–H groups in total. The first-order valence-electron chi connectivity index (χ1n) is 6.78. The topological polar surface area (TPSA) is 63.0 Å². The lowest BCUT2D eigenvalue weighted by Gasteiger charge is -2.05. The first-order valence-corrected chi connectivity index (χ1v) is 6.78. The number of pyridine rings is 1. The van der Waals surface area contributed by atoms with Crippen LogP contribution in [0.1, 0.15) is 10.4 Å². The Labute approximate surface area is 127 Å². The van der Waals surface area contributed by atoms with Crippen LogP contribution in [0.2, 0.25) is 0 Å². The Balaban J connectivity index is 1.88. The van der Waals surface area contributed by atoms with Crippen molar-refractivity contribution in [2.45, 2.75) is 0 Å². The predicted octanol–water partition coefficient (Wildman–Crippen LogP) is 3.58. The maximum absolute atomic E-state index is 11.6. The van der Waals surface area contributed by atoms with Crippen LogP contribution < -0.4 is 0 Å². The molecule has 0 radical (unpaired) electrons. The second-order valence-corrected chi connectivity index (χ2v) is 4.70. The SMILES string of the molecule is N#CCOC(=O)c1ccc(-c2ccc3ccccc3n2)cc1. The first-order chi connectivity index (χ1) is 10.8. The predicted molar refractivity (Wildman–Crippen MR) is 83.1 cm³/mol. The lowest BCUT2D eigenvalue weighted by molar-refractivity contribution is 0.0555. The molecule has 0 fully saturated rings. The Kier molecular flexibility index (Phi) is 3.80. The first kappa shape index (κ1) is 13.8. The normalized spacial score (nSPS) is 10.1. The number of hydrogen-bond donors (Lipinski definition) is 0. The molecular weight excluding hydrogens is 276 g/mol. The highest BCUT2D eigenvalue weighted by Crippen LogP contribution is 2.21. The quantitative estimate of drug-likeness (QED) is 0.691. The Bertz CT molecular complexity index is 864. The van der Waals surface area contributed by atoms with Crippen molar-refractivity contribution in [2.24, 2.45) is 0 Å². The molecule has 1 aromatic heterocycles. The van der Waals surface area contributed by atoms with Gasteiger partial charge < -0.3 is 4.74 Å². The Morgan fingerprint density at radius 2 is 1.82 bits per heavy atom. The van der Waals surface area contributed by atoms with Crippen LogP contribution in [0.4, 0.5) is 0 Å². The number of nitriles is 1. The largest absolute Gasteiger partial charge is 0.447 e. The number of aromatic nitrogens is 1. The molecule has 0 aliphatic rings. The van der Waals surface area contributed by atoms with Gasteiger partial charge in [0.1, 0.15) is 6.07 Å². The third-order valence-electron chi connectivity index (χ3n) is 3.28. The van der Waals surface area contributed by atoms with Crippen molar-refractivity contribution < 1.29 is 9.53 Å². The van der Waals surface area contributed by atoms with E-state index in [1.165, 1.54) is 0 Å². The Hall–Kier alpha value is -3.19. The number of esters is 1. The standard InChI is InChI=1S/C18H12N2O2/c19-11-12-22-18(21)15-7-5-14(6-8-15)17-10-9-13-3-1-2-4-16(13)20-17/h1-10H,12H2. The minimum atomic E-state index is -0.500. The molecule has 4 heteroatoms. The van der Waals surface area contributed by atoms with Crippen LogP contribution in [-0.4, -0.2) is 17.6 Å². The maximum atomic E-state index is 11.6. The Morgan fingerprint density at radius 1 is 1.05 bits per heavy atom. The molecule has 0 amide bonds. The fourth-order valence-electron chi connectivity index (χ4n) is 2.19. The van der Waals surface area contributed by atoms with Gasteiger partial charge in [-0.2, -0.15) is 5.26 Å². The average molecular weight is 288 g/mol. The van der Waals surface area contributed by atoms with E-state index in [0.717, 1.165) is 22.2 Å². The van der Waals surface area contributed by atoms with Crippen LogP contribution in [0, 0.1) is 11.3 Å². The number of benzene rings is 2. The molecule has 22 heavy (non-hydrogen) atoms. The van der Waals surface area contributed by atoms with Gasteiger partial charge in [-0.1, -0.05) is 36.4 Å². The molecule has 0 saturated carbocycles. The number of hydrogen-bond acceptors (Lipinski definition) is 4. The summed E-state index contributed by atoms with van der Waals surface area (Å²) in [5, 5.41) is 9.49. The summed E-state index contributed by atoms with van der Waals surface area (Å²) in [6.45, 7) is -0.243. The summed E-state index contributed by atoms with van der Waals surface area (Å²) in [5.74, 6) is -0.500. The maximum Gasteiger partial charge on any atom is 0.339 e. The van der Waals surface area contributed by atoms with E-state index in [0.29, 0.717) is 5.56 Å². The molecule has 0 bridgehead atoms. The number of fused-ring (bicyclic) bond motifs is 1. The minimum absolute atomic E-state index is 0.243. The summed E-state index contributed by atoms with van der Waals surface area (Å²) in [7, 11) is 0. The van der Waals surface area contributed by atoms with Crippen LogP contribution in [-0.2, 0) is 4.74 Å². The fraction of sp³-hybridized carbons (Fsp3) is 0.0556. The van der Waals surface area contributed by atoms with Gasteiger partial charge in [0.2, 0.25) is 0 Å². The molecule has 0 saturated heterocycles. The van der Waals surface area contributed by atoms with Crippen LogP contribution in [0.3, 0.4) is 0 Å².